The smallest absolute Gasteiger partial charge is 0.159 e. The molecule has 0 aliphatic carbocycles. The first-order chi connectivity index (χ1) is 7.70. The Hall–Kier alpha value is -0.940. The lowest BCUT2D eigenvalue weighted by atomic mass is 10.3. The molecule has 0 aliphatic rings. The Morgan fingerprint density at radius 2 is 1.94 bits per heavy atom. The van der Waals surface area contributed by atoms with Crippen molar-refractivity contribution >= 4 is 0 Å². The van der Waals surface area contributed by atoms with Crippen molar-refractivity contribution in [1.29, 1.82) is 0 Å². The fraction of sp³-hybridized carbons (Fsp3) is 0.818. The van der Waals surface area contributed by atoms with Crippen LogP contribution in [-0.2, 0) is 17.8 Å². The van der Waals surface area contributed by atoms with Crippen molar-refractivity contribution < 1.29 is 9.84 Å². The lowest BCUT2D eigenvalue weighted by molar-refractivity contribution is 0.135. The molecule has 1 N–H and O–H groups in total. The van der Waals surface area contributed by atoms with Crippen LogP contribution in [0.1, 0.15) is 44.9 Å². The van der Waals surface area contributed by atoms with Crippen LogP contribution in [-0.4, -0.2) is 33.1 Å². The summed E-state index contributed by atoms with van der Waals surface area (Å²) in [5.41, 5.74) is 0. The van der Waals surface area contributed by atoms with E-state index >= 15 is 0 Å². The van der Waals surface area contributed by atoms with E-state index in [9.17, 15) is 0 Å². The van der Waals surface area contributed by atoms with Gasteiger partial charge in [-0.2, -0.15) is 0 Å². The molecule has 0 atom stereocenters. The summed E-state index contributed by atoms with van der Waals surface area (Å²) in [5, 5.41) is 17.2. The predicted molar refractivity (Wildman–Crippen MR) is 61.1 cm³/mol. The first-order valence-corrected chi connectivity index (χ1v) is 5.82. The molecule has 0 bridgehead atoms. The van der Waals surface area contributed by atoms with Crippen molar-refractivity contribution in [2.24, 2.45) is 0 Å². The number of aromatic nitrogens is 3. The van der Waals surface area contributed by atoms with E-state index in [1.54, 1.807) is 0 Å². The van der Waals surface area contributed by atoms with E-state index in [0.717, 1.165) is 25.3 Å². The molecular weight excluding hydrogens is 206 g/mol. The zero-order chi connectivity index (χ0) is 12.0. The molecule has 0 aromatic carbocycles. The first kappa shape index (κ1) is 13.1. The third kappa shape index (κ3) is 3.28. The standard InChI is InChI=1S/C11H21N3O2/c1-4-6-16-7-5-10-12-13-11(8-15)14(10)9(2)3/h9,15H,4-8H2,1-3H3. The van der Waals surface area contributed by atoms with Crippen molar-refractivity contribution in [3.8, 4) is 0 Å². The Morgan fingerprint density at radius 1 is 1.25 bits per heavy atom. The van der Waals surface area contributed by atoms with E-state index in [0.29, 0.717) is 12.4 Å². The van der Waals surface area contributed by atoms with Gasteiger partial charge in [0, 0.05) is 19.1 Å². The van der Waals surface area contributed by atoms with Crippen LogP contribution < -0.4 is 0 Å². The molecule has 0 amide bonds. The highest BCUT2D eigenvalue weighted by Crippen LogP contribution is 2.12. The molecule has 0 unspecified atom stereocenters. The minimum atomic E-state index is -0.0685. The van der Waals surface area contributed by atoms with E-state index in [1.807, 2.05) is 4.57 Å². The molecule has 0 saturated carbocycles. The number of aliphatic hydroxyl groups excluding tert-OH is 1. The molecule has 0 saturated heterocycles. The van der Waals surface area contributed by atoms with Gasteiger partial charge >= 0.3 is 0 Å². The highest BCUT2D eigenvalue weighted by Gasteiger charge is 2.13. The first-order valence-electron chi connectivity index (χ1n) is 5.82. The van der Waals surface area contributed by atoms with Gasteiger partial charge in [0.05, 0.1) is 6.61 Å². The molecule has 1 aromatic rings. The van der Waals surface area contributed by atoms with Gasteiger partial charge in [0.1, 0.15) is 12.4 Å². The number of hydrogen-bond acceptors (Lipinski definition) is 4. The number of rotatable bonds is 7. The zero-order valence-corrected chi connectivity index (χ0v) is 10.3. The Bertz CT molecular complexity index is 310. The molecular formula is C11H21N3O2. The van der Waals surface area contributed by atoms with Gasteiger partial charge in [-0.1, -0.05) is 6.92 Å². The molecule has 0 radical (unpaired) electrons. The summed E-state index contributed by atoms with van der Waals surface area (Å²) >= 11 is 0. The predicted octanol–water partition coefficient (Wildman–Crippen LogP) is 1.32. The monoisotopic (exact) mass is 227 g/mol. The SMILES string of the molecule is CCCOCCc1nnc(CO)n1C(C)C. The van der Waals surface area contributed by atoms with Gasteiger partial charge in [0.2, 0.25) is 0 Å². The summed E-state index contributed by atoms with van der Waals surface area (Å²) in [6, 6.07) is 0.262. The lowest BCUT2D eigenvalue weighted by Crippen LogP contribution is -2.12. The normalized spacial score (nSPS) is 11.3. The average Bonchev–Trinajstić information content (AvgIpc) is 2.67. The maximum absolute atomic E-state index is 9.14. The highest BCUT2D eigenvalue weighted by atomic mass is 16.5. The van der Waals surface area contributed by atoms with Crippen LogP contribution >= 0.6 is 0 Å². The summed E-state index contributed by atoms with van der Waals surface area (Å²) in [6.07, 6.45) is 1.77. The molecule has 1 heterocycles. The van der Waals surface area contributed by atoms with Gasteiger partial charge in [-0.25, -0.2) is 0 Å². The number of aliphatic hydroxyl groups is 1. The maximum Gasteiger partial charge on any atom is 0.159 e. The van der Waals surface area contributed by atoms with Crippen molar-refractivity contribution in [1.82, 2.24) is 14.8 Å². The summed E-state index contributed by atoms with van der Waals surface area (Å²) in [7, 11) is 0. The maximum atomic E-state index is 9.14. The van der Waals surface area contributed by atoms with Gasteiger partial charge in [-0.3, -0.25) is 0 Å². The van der Waals surface area contributed by atoms with Gasteiger partial charge in [0.15, 0.2) is 5.82 Å². The number of ether oxygens (including phenoxy) is 1. The third-order valence-electron chi connectivity index (χ3n) is 2.31. The fourth-order valence-electron chi connectivity index (χ4n) is 1.64. The third-order valence-corrected chi connectivity index (χ3v) is 2.31. The van der Waals surface area contributed by atoms with Crippen LogP contribution in [0.3, 0.4) is 0 Å². The number of hydrogen-bond donors (Lipinski definition) is 1. The second-order valence-electron chi connectivity index (χ2n) is 4.02. The molecule has 5 heteroatoms. The molecule has 92 valence electrons. The molecule has 0 fully saturated rings. The molecule has 1 aromatic heterocycles. The largest absolute Gasteiger partial charge is 0.388 e. The molecule has 0 aliphatic heterocycles. The van der Waals surface area contributed by atoms with Crippen LogP contribution in [0, 0.1) is 0 Å². The van der Waals surface area contributed by atoms with E-state index < -0.39 is 0 Å². The van der Waals surface area contributed by atoms with Crippen molar-refractivity contribution in [3.63, 3.8) is 0 Å². The Morgan fingerprint density at radius 3 is 2.50 bits per heavy atom. The molecule has 1 rings (SSSR count). The Labute approximate surface area is 96.5 Å². The summed E-state index contributed by atoms with van der Waals surface area (Å²) in [6.45, 7) is 7.56. The lowest BCUT2D eigenvalue weighted by Gasteiger charge is -2.12. The molecule has 0 spiro atoms. The molecule has 16 heavy (non-hydrogen) atoms. The van der Waals surface area contributed by atoms with E-state index in [2.05, 4.69) is 31.0 Å². The minimum absolute atomic E-state index is 0.0685. The fourth-order valence-corrected chi connectivity index (χ4v) is 1.64. The Kier molecular flexibility index (Phi) is 5.42. The molecule has 5 nitrogen and oxygen atoms in total. The van der Waals surface area contributed by atoms with Gasteiger partial charge in [-0.15, -0.1) is 10.2 Å². The van der Waals surface area contributed by atoms with Crippen molar-refractivity contribution in [3.05, 3.63) is 11.6 Å². The quantitative estimate of drug-likeness (QED) is 0.714. The van der Waals surface area contributed by atoms with Gasteiger partial charge in [-0.05, 0) is 20.3 Å². The van der Waals surface area contributed by atoms with Gasteiger partial charge < -0.3 is 14.4 Å². The van der Waals surface area contributed by atoms with Crippen molar-refractivity contribution in [2.45, 2.75) is 46.3 Å². The van der Waals surface area contributed by atoms with Crippen molar-refractivity contribution in [2.75, 3.05) is 13.2 Å². The van der Waals surface area contributed by atoms with Crippen LogP contribution in [0.15, 0.2) is 0 Å². The summed E-state index contributed by atoms with van der Waals surface area (Å²) < 4.78 is 7.39. The van der Waals surface area contributed by atoms with Crippen LogP contribution in [0.25, 0.3) is 0 Å². The summed E-state index contributed by atoms with van der Waals surface area (Å²) in [5.74, 6) is 1.51. The second-order valence-corrected chi connectivity index (χ2v) is 4.02. The van der Waals surface area contributed by atoms with E-state index in [4.69, 9.17) is 9.84 Å². The summed E-state index contributed by atoms with van der Waals surface area (Å²) in [4.78, 5) is 0. The van der Waals surface area contributed by atoms with Crippen LogP contribution in [0.4, 0.5) is 0 Å². The van der Waals surface area contributed by atoms with E-state index in [1.165, 1.54) is 0 Å². The van der Waals surface area contributed by atoms with Crippen LogP contribution in [0.2, 0.25) is 0 Å². The minimum Gasteiger partial charge on any atom is -0.388 e. The zero-order valence-electron chi connectivity index (χ0n) is 10.3. The van der Waals surface area contributed by atoms with Gasteiger partial charge in [0.25, 0.3) is 0 Å². The second kappa shape index (κ2) is 6.60. The topological polar surface area (TPSA) is 60.2 Å². The average molecular weight is 227 g/mol. The Balaban J connectivity index is 2.61. The van der Waals surface area contributed by atoms with Crippen LogP contribution in [0.5, 0.6) is 0 Å². The highest BCUT2D eigenvalue weighted by molar-refractivity contribution is 4.97. The number of nitrogens with zero attached hydrogens (tertiary/aromatic N) is 3. The van der Waals surface area contributed by atoms with E-state index in [-0.39, 0.29) is 12.6 Å².